The Labute approximate surface area is 90.0 Å². The quantitative estimate of drug-likeness (QED) is 0.731. The van der Waals surface area contributed by atoms with E-state index < -0.39 is 0 Å². The molecule has 0 heterocycles. The smallest absolute Gasteiger partial charge is 0.0719 e. The Hall–Kier alpha value is -1.60. The molecule has 0 aliphatic heterocycles. The molecule has 0 saturated carbocycles. The third-order valence-corrected chi connectivity index (χ3v) is 2.56. The van der Waals surface area contributed by atoms with Crippen LogP contribution in [0.4, 0.5) is 0 Å². The van der Waals surface area contributed by atoms with E-state index in [-0.39, 0.29) is 0 Å². The van der Waals surface area contributed by atoms with Crippen molar-refractivity contribution in [3.63, 3.8) is 0 Å². The zero-order valence-corrected chi connectivity index (χ0v) is 8.86. The second-order valence-electron chi connectivity index (χ2n) is 3.50. The summed E-state index contributed by atoms with van der Waals surface area (Å²) in [6, 6.07) is 12.5. The summed E-state index contributed by atoms with van der Waals surface area (Å²) in [6.07, 6.45) is 1.90. The standard InChI is InChI=1S/C14H14O/c1-3-13-12(10-15-2)9-8-11-6-4-5-7-14(11)13/h3-9H,1,10H2,2H3. The monoisotopic (exact) mass is 198 g/mol. The van der Waals surface area contributed by atoms with E-state index >= 15 is 0 Å². The van der Waals surface area contributed by atoms with Gasteiger partial charge in [-0.3, -0.25) is 0 Å². The maximum atomic E-state index is 5.17. The first-order valence-corrected chi connectivity index (χ1v) is 4.99. The van der Waals surface area contributed by atoms with Crippen molar-refractivity contribution >= 4 is 16.8 Å². The molecule has 0 unspecified atom stereocenters. The van der Waals surface area contributed by atoms with Crippen LogP contribution in [0.1, 0.15) is 11.1 Å². The normalized spacial score (nSPS) is 10.5. The van der Waals surface area contributed by atoms with Gasteiger partial charge in [0, 0.05) is 7.11 Å². The Morgan fingerprint density at radius 1 is 1.20 bits per heavy atom. The molecule has 2 aromatic carbocycles. The molecule has 0 N–H and O–H groups in total. The lowest BCUT2D eigenvalue weighted by atomic mass is 9.99. The van der Waals surface area contributed by atoms with Crippen molar-refractivity contribution in [1.29, 1.82) is 0 Å². The molecular weight excluding hydrogens is 184 g/mol. The van der Waals surface area contributed by atoms with Crippen molar-refractivity contribution in [2.24, 2.45) is 0 Å². The molecule has 0 aliphatic carbocycles. The number of rotatable bonds is 3. The number of fused-ring (bicyclic) bond motifs is 1. The minimum Gasteiger partial charge on any atom is -0.380 e. The number of benzene rings is 2. The van der Waals surface area contributed by atoms with Crippen LogP contribution < -0.4 is 0 Å². The van der Waals surface area contributed by atoms with Crippen molar-refractivity contribution in [1.82, 2.24) is 0 Å². The van der Waals surface area contributed by atoms with E-state index in [1.165, 1.54) is 21.9 Å². The fourth-order valence-electron chi connectivity index (χ4n) is 1.86. The van der Waals surface area contributed by atoms with Crippen LogP contribution >= 0.6 is 0 Å². The van der Waals surface area contributed by atoms with Crippen LogP contribution in [0.25, 0.3) is 16.8 Å². The molecule has 0 amide bonds. The van der Waals surface area contributed by atoms with Crippen molar-refractivity contribution in [2.75, 3.05) is 7.11 Å². The summed E-state index contributed by atoms with van der Waals surface area (Å²) in [5, 5.41) is 2.48. The Kier molecular flexibility index (Phi) is 2.84. The molecule has 0 spiro atoms. The van der Waals surface area contributed by atoms with Crippen molar-refractivity contribution in [3.05, 3.63) is 54.1 Å². The van der Waals surface area contributed by atoms with Gasteiger partial charge in [-0.1, -0.05) is 49.1 Å². The van der Waals surface area contributed by atoms with Gasteiger partial charge in [-0.15, -0.1) is 0 Å². The maximum Gasteiger partial charge on any atom is 0.0719 e. The summed E-state index contributed by atoms with van der Waals surface area (Å²) in [5.41, 5.74) is 2.36. The largest absolute Gasteiger partial charge is 0.380 e. The van der Waals surface area contributed by atoms with Crippen LogP contribution in [0.15, 0.2) is 43.0 Å². The van der Waals surface area contributed by atoms with E-state index in [1.807, 2.05) is 18.2 Å². The predicted molar refractivity (Wildman–Crippen MR) is 64.8 cm³/mol. The van der Waals surface area contributed by atoms with Crippen LogP contribution in [0.5, 0.6) is 0 Å². The van der Waals surface area contributed by atoms with Gasteiger partial charge in [-0.2, -0.15) is 0 Å². The maximum absolute atomic E-state index is 5.17. The summed E-state index contributed by atoms with van der Waals surface area (Å²) in [7, 11) is 1.71. The fraction of sp³-hybridized carbons (Fsp3) is 0.143. The second kappa shape index (κ2) is 4.28. The summed E-state index contributed by atoms with van der Waals surface area (Å²) >= 11 is 0. The molecule has 76 valence electrons. The first-order valence-electron chi connectivity index (χ1n) is 4.99. The molecule has 0 saturated heterocycles. The Morgan fingerprint density at radius 2 is 2.00 bits per heavy atom. The van der Waals surface area contributed by atoms with E-state index in [9.17, 15) is 0 Å². The summed E-state index contributed by atoms with van der Waals surface area (Å²) in [5.74, 6) is 0. The molecular formula is C14H14O. The van der Waals surface area contributed by atoms with E-state index in [0.29, 0.717) is 6.61 Å². The van der Waals surface area contributed by atoms with Crippen LogP contribution in [0, 0.1) is 0 Å². The molecule has 0 bridgehead atoms. The van der Waals surface area contributed by atoms with Gasteiger partial charge < -0.3 is 4.74 Å². The minimum absolute atomic E-state index is 0.631. The molecule has 1 heteroatoms. The van der Waals surface area contributed by atoms with Crippen LogP contribution in [0.3, 0.4) is 0 Å². The lowest BCUT2D eigenvalue weighted by Crippen LogP contribution is -1.92. The minimum atomic E-state index is 0.631. The molecule has 0 radical (unpaired) electrons. The molecule has 2 rings (SSSR count). The summed E-state index contributed by atoms with van der Waals surface area (Å²) in [4.78, 5) is 0. The molecule has 0 fully saturated rings. The molecule has 0 aromatic heterocycles. The zero-order chi connectivity index (χ0) is 10.7. The van der Waals surface area contributed by atoms with Gasteiger partial charge in [-0.25, -0.2) is 0 Å². The van der Waals surface area contributed by atoms with E-state index in [4.69, 9.17) is 4.74 Å². The lowest BCUT2D eigenvalue weighted by Gasteiger charge is -2.08. The molecule has 15 heavy (non-hydrogen) atoms. The molecule has 0 atom stereocenters. The Bertz CT molecular complexity index is 486. The molecule has 0 aliphatic rings. The third-order valence-electron chi connectivity index (χ3n) is 2.56. The number of hydrogen-bond acceptors (Lipinski definition) is 1. The van der Waals surface area contributed by atoms with Gasteiger partial charge in [0.25, 0.3) is 0 Å². The molecule has 2 aromatic rings. The third kappa shape index (κ3) is 1.79. The highest BCUT2D eigenvalue weighted by atomic mass is 16.5. The van der Waals surface area contributed by atoms with Gasteiger partial charge in [-0.05, 0) is 21.9 Å². The SMILES string of the molecule is C=Cc1c(COC)ccc2ccccc12. The average molecular weight is 198 g/mol. The van der Waals surface area contributed by atoms with Gasteiger partial charge in [0.2, 0.25) is 0 Å². The van der Waals surface area contributed by atoms with Gasteiger partial charge >= 0.3 is 0 Å². The lowest BCUT2D eigenvalue weighted by molar-refractivity contribution is 0.185. The highest BCUT2D eigenvalue weighted by Crippen LogP contribution is 2.23. The van der Waals surface area contributed by atoms with Gasteiger partial charge in [0.1, 0.15) is 0 Å². The highest BCUT2D eigenvalue weighted by Gasteiger charge is 2.03. The van der Waals surface area contributed by atoms with Crippen molar-refractivity contribution in [2.45, 2.75) is 6.61 Å². The van der Waals surface area contributed by atoms with Crippen LogP contribution in [-0.4, -0.2) is 7.11 Å². The van der Waals surface area contributed by atoms with Crippen LogP contribution in [0.2, 0.25) is 0 Å². The van der Waals surface area contributed by atoms with E-state index in [0.717, 1.165) is 0 Å². The second-order valence-corrected chi connectivity index (χ2v) is 3.50. The topological polar surface area (TPSA) is 9.23 Å². The predicted octanol–water partition coefficient (Wildman–Crippen LogP) is 3.63. The average Bonchev–Trinajstić information content (AvgIpc) is 2.29. The highest BCUT2D eigenvalue weighted by molar-refractivity contribution is 5.91. The Balaban J connectivity index is 2.69. The number of hydrogen-bond donors (Lipinski definition) is 0. The number of methoxy groups -OCH3 is 1. The van der Waals surface area contributed by atoms with Crippen LogP contribution in [-0.2, 0) is 11.3 Å². The first-order chi connectivity index (χ1) is 7.36. The van der Waals surface area contributed by atoms with Gasteiger partial charge in [0.15, 0.2) is 0 Å². The van der Waals surface area contributed by atoms with Crippen molar-refractivity contribution < 1.29 is 4.74 Å². The number of ether oxygens (including phenoxy) is 1. The van der Waals surface area contributed by atoms with E-state index in [2.05, 4.69) is 30.8 Å². The summed E-state index contributed by atoms with van der Waals surface area (Å²) < 4.78 is 5.17. The zero-order valence-electron chi connectivity index (χ0n) is 8.86. The molecule has 1 nitrogen and oxygen atoms in total. The summed E-state index contributed by atoms with van der Waals surface area (Å²) in [6.45, 7) is 4.50. The first kappa shape index (κ1) is 9.94. The van der Waals surface area contributed by atoms with Gasteiger partial charge in [0.05, 0.1) is 6.61 Å². The van der Waals surface area contributed by atoms with E-state index in [1.54, 1.807) is 7.11 Å². The van der Waals surface area contributed by atoms with Crippen molar-refractivity contribution in [3.8, 4) is 0 Å². The fourth-order valence-corrected chi connectivity index (χ4v) is 1.86. The Morgan fingerprint density at radius 3 is 2.73 bits per heavy atom.